The minimum atomic E-state index is -1.35. The Labute approximate surface area is 153 Å². The van der Waals surface area contributed by atoms with Crippen LogP contribution in [0.1, 0.15) is 19.8 Å². The van der Waals surface area contributed by atoms with Crippen LogP contribution in [0.3, 0.4) is 0 Å². The molecule has 1 atom stereocenters. The number of nitrogens with one attached hydrogen (secondary N) is 1. The zero-order chi connectivity index (χ0) is 20.0. The molecule has 0 saturated carbocycles. The fraction of sp³-hybridized carbons (Fsp3) is 0.467. The Morgan fingerprint density at radius 2 is 2.04 bits per heavy atom. The van der Waals surface area contributed by atoms with Crippen molar-refractivity contribution < 1.29 is 29.2 Å². The van der Waals surface area contributed by atoms with Crippen molar-refractivity contribution >= 4 is 29.2 Å². The maximum atomic E-state index is 11.4. The molecule has 1 fully saturated rings. The van der Waals surface area contributed by atoms with E-state index in [-0.39, 0.29) is 31.7 Å². The normalized spacial score (nSPS) is 16.9. The lowest BCUT2D eigenvalue weighted by Gasteiger charge is -2.31. The van der Waals surface area contributed by atoms with E-state index in [9.17, 15) is 30.1 Å². The first kappa shape index (κ1) is 20.2. The number of carbonyl (C=O) groups is 1. The van der Waals surface area contributed by atoms with Gasteiger partial charge in [-0.1, -0.05) is 6.92 Å². The number of nitro benzene ring substituents is 2. The number of hydrogen-bond acceptors (Lipinski definition) is 9. The standard InChI is InChI=1S/C15H18N4O8/c1-2-11(14(20)21)15(26-7-8-27-15)5-6-16-17-12-4-3-10(18(22)23)9-13(12)19(24)25/h3-4,6,9,11,17H,2,5,7-8H2,1H3,(H,20,21). The third kappa shape index (κ3) is 4.54. The maximum Gasteiger partial charge on any atom is 0.311 e. The number of nitrogens with zero attached hydrogens (tertiary/aromatic N) is 3. The number of ether oxygens (including phenoxy) is 2. The highest BCUT2D eigenvalue weighted by atomic mass is 16.7. The van der Waals surface area contributed by atoms with Crippen molar-refractivity contribution in [1.82, 2.24) is 0 Å². The molecule has 0 aliphatic carbocycles. The van der Waals surface area contributed by atoms with Crippen molar-refractivity contribution in [3.8, 4) is 0 Å². The first-order valence-corrected chi connectivity index (χ1v) is 8.02. The van der Waals surface area contributed by atoms with Crippen LogP contribution in [0.15, 0.2) is 23.3 Å². The number of non-ortho nitro benzene ring substituents is 1. The summed E-state index contributed by atoms with van der Waals surface area (Å²) in [6.07, 6.45) is 1.58. The first-order chi connectivity index (χ1) is 12.8. The Kier molecular flexibility index (Phi) is 6.36. The molecule has 1 unspecified atom stereocenters. The first-order valence-electron chi connectivity index (χ1n) is 8.02. The van der Waals surface area contributed by atoms with Crippen molar-refractivity contribution in [2.24, 2.45) is 11.0 Å². The van der Waals surface area contributed by atoms with Gasteiger partial charge in [0.15, 0.2) is 5.79 Å². The van der Waals surface area contributed by atoms with Gasteiger partial charge in [-0.25, -0.2) is 0 Å². The molecule has 0 spiro atoms. The molecule has 1 aromatic carbocycles. The van der Waals surface area contributed by atoms with E-state index < -0.39 is 38.9 Å². The molecule has 2 N–H and O–H groups in total. The van der Waals surface area contributed by atoms with Gasteiger partial charge in [0.25, 0.3) is 5.69 Å². The third-order valence-corrected chi connectivity index (χ3v) is 4.05. The molecule has 1 heterocycles. The maximum absolute atomic E-state index is 11.4. The number of aliphatic carboxylic acids is 1. The Balaban J connectivity index is 2.14. The Hall–Kier alpha value is -3.12. The van der Waals surface area contributed by atoms with E-state index in [4.69, 9.17) is 9.47 Å². The summed E-state index contributed by atoms with van der Waals surface area (Å²) in [4.78, 5) is 31.7. The molecule has 12 heteroatoms. The summed E-state index contributed by atoms with van der Waals surface area (Å²) in [6.45, 7) is 2.19. The van der Waals surface area contributed by atoms with Crippen LogP contribution in [0, 0.1) is 26.1 Å². The average molecular weight is 382 g/mol. The predicted octanol–water partition coefficient (Wildman–Crippen LogP) is 2.14. The summed E-state index contributed by atoms with van der Waals surface area (Å²) in [5, 5.41) is 35.0. The molecule has 146 valence electrons. The predicted molar refractivity (Wildman–Crippen MR) is 92.5 cm³/mol. The lowest BCUT2D eigenvalue weighted by atomic mass is 9.93. The van der Waals surface area contributed by atoms with E-state index >= 15 is 0 Å². The van der Waals surface area contributed by atoms with Crippen molar-refractivity contribution in [3.63, 3.8) is 0 Å². The van der Waals surface area contributed by atoms with E-state index in [0.717, 1.165) is 18.2 Å². The number of carboxylic acid groups (broad SMARTS) is 1. The molecule has 1 aliphatic rings. The molecule has 12 nitrogen and oxygen atoms in total. The lowest BCUT2D eigenvalue weighted by molar-refractivity contribution is -0.393. The van der Waals surface area contributed by atoms with Crippen LogP contribution < -0.4 is 5.43 Å². The summed E-state index contributed by atoms with van der Waals surface area (Å²) in [7, 11) is 0. The van der Waals surface area contributed by atoms with E-state index in [1.165, 1.54) is 6.21 Å². The zero-order valence-corrected chi connectivity index (χ0v) is 14.4. The molecule has 1 saturated heterocycles. The van der Waals surface area contributed by atoms with Gasteiger partial charge in [-0.15, -0.1) is 0 Å². The molecule has 0 bridgehead atoms. The number of carboxylic acids is 1. The number of rotatable bonds is 9. The van der Waals surface area contributed by atoms with Crippen LogP contribution in [0.2, 0.25) is 0 Å². The van der Waals surface area contributed by atoms with Crippen LogP contribution in [0.5, 0.6) is 0 Å². The van der Waals surface area contributed by atoms with Crippen LogP contribution in [-0.4, -0.2) is 46.1 Å². The molecule has 0 radical (unpaired) electrons. The van der Waals surface area contributed by atoms with Gasteiger partial charge in [0, 0.05) is 18.7 Å². The molecule has 1 aliphatic heterocycles. The van der Waals surface area contributed by atoms with Crippen LogP contribution in [-0.2, 0) is 14.3 Å². The van der Waals surface area contributed by atoms with Crippen molar-refractivity contribution in [1.29, 1.82) is 0 Å². The second-order valence-corrected chi connectivity index (χ2v) is 5.65. The number of nitro groups is 2. The fourth-order valence-electron chi connectivity index (χ4n) is 2.77. The third-order valence-electron chi connectivity index (χ3n) is 4.05. The second kappa shape index (κ2) is 8.51. The summed E-state index contributed by atoms with van der Waals surface area (Å²) in [6, 6.07) is 3.09. The highest BCUT2D eigenvalue weighted by molar-refractivity contribution is 5.73. The molecular formula is C15H18N4O8. The van der Waals surface area contributed by atoms with Gasteiger partial charge in [-0.05, 0) is 12.5 Å². The topological polar surface area (TPSA) is 166 Å². The minimum absolute atomic E-state index is 0.00554. The van der Waals surface area contributed by atoms with Gasteiger partial charge in [-0.3, -0.25) is 30.4 Å². The molecule has 0 aromatic heterocycles. The van der Waals surface area contributed by atoms with E-state index in [1.54, 1.807) is 6.92 Å². The Morgan fingerprint density at radius 3 is 2.56 bits per heavy atom. The highest BCUT2D eigenvalue weighted by Crippen LogP contribution is 2.34. The number of hydrazone groups is 1. The fourth-order valence-corrected chi connectivity index (χ4v) is 2.77. The number of benzene rings is 1. The summed E-state index contributed by atoms with van der Waals surface area (Å²) in [5.74, 6) is -3.32. The molecule has 27 heavy (non-hydrogen) atoms. The number of anilines is 1. The smallest absolute Gasteiger partial charge is 0.311 e. The Morgan fingerprint density at radius 1 is 1.37 bits per heavy atom. The molecule has 1 aromatic rings. The summed E-state index contributed by atoms with van der Waals surface area (Å²) in [5.41, 5.74) is 1.45. The highest BCUT2D eigenvalue weighted by Gasteiger charge is 2.46. The molecule has 0 amide bonds. The number of hydrogen-bond donors (Lipinski definition) is 2. The van der Waals surface area contributed by atoms with Crippen LogP contribution in [0.4, 0.5) is 17.1 Å². The SMILES string of the molecule is CCC(C(=O)O)C1(CC=NNc2ccc([N+](=O)[O-])cc2[N+](=O)[O-])OCCO1. The van der Waals surface area contributed by atoms with E-state index in [0.29, 0.717) is 0 Å². The second-order valence-electron chi connectivity index (χ2n) is 5.65. The summed E-state index contributed by atoms with van der Waals surface area (Å²) >= 11 is 0. The Bertz CT molecular complexity index is 760. The zero-order valence-electron chi connectivity index (χ0n) is 14.4. The van der Waals surface area contributed by atoms with Gasteiger partial charge in [-0.2, -0.15) is 5.10 Å². The van der Waals surface area contributed by atoms with Crippen molar-refractivity contribution in [2.75, 3.05) is 18.6 Å². The molecular weight excluding hydrogens is 364 g/mol. The van der Waals surface area contributed by atoms with Gasteiger partial charge in [0.1, 0.15) is 11.6 Å². The monoisotopic (exact) mass is 382 g/mol. The van der Waals surface area contributed by atoms with Gasteiger partial charge in [0.05, 0.1) is 29.1 Å². The van der Waals surface area contributed by atoms with Crippen molar-refractivity contribution in [3.05, 3.63) is 38.4 Å². The minimum Gasteiger partial charge on any atom is -0.481 e. The quantitative estimate of drug-likeness (QED) is 0.369. The van der Waals surface area contributed by atoms with Crippen LogP contribution in [0.25, 0.3) is 0 Å². The van der Waals surface area contributed by atoms with E-state index in [1.807, 2.05) is 0 Å². The van der Waals surface area contributed by atoms with Gasteiger partial charge >= 0.3 is 11.7 Å². The average Bonchev–Trinajstić information content (AvgIpc) is 3.08. The van der Waals surface area contributed by atoms with Crippen LogP contribution >= 0.6 is 0 Å². The lowest BCUT2D eigenvalue weighted by Crippen LogP contribution is -2.43. The summed E-state index contributed by atoms with van der Waals surface area (Å²) < 4.78 is 11.0. The largest absolute Gasteiger partial charge is 0.481 e. The van der Waals surface area contributed by atoms with Crippen molar-refractivity contribution in [2.45, 2.75) is 25.6 Å². The van der Waals surface area contributed by atoms with Gasteiger partial charge in [0.2, 0.25) is 0 Å². The van der Waals surface area contributed by atoms with E-state index in [2.05, 4.69) is 10.5 Å². The molecule has 2 rings (SSSR count). The van der Waals surface area contributed by atoms with Gasteiger partial charge < -0.3 is 14.6 Å².